The number of fused-ring (bicyclic) bond motifs is 2. The smallest absolute Gasteiger partial charge is 0.264 e. The van der Waals surface area contributed by atoms with E-state index in [4.69, 9.17) is 14.2 Å². The van der Waals surface area contributed by atoms with E-state index in [-0.39, 0.29) is 16.2 Å². The summed E-state index contributed by atoms with van der Waals surface area (Å²) in [5.74, 6) is 0.941. The Labute approximate surface area is 198 Å². The molecule has 2 aliphatic heterocycles. The molecule has 5 rings (SSSR count). The van der Waals surface area contributed by atoms with Gasteiger partial charge in [-0.3, -0.25) is 9.10 Å². The maximum Gasteiger partial charge on any atom is 0.264 e. The Kier molecular flexibility index (Phi) is 5.79. The molecule has 0 aromatic heterocycles. The number of ether oxygens (including phenoxy) is 3. The first-order valence-corrected chi connectivity index (χ1v) is 12.4. The Morgan fingerprint density at radius 1 is 1.00 bits per heavy atom. The second-order valence-electron chi connectivity index (χ2n) is 7.98. The second-order valence-corrected chi connectivity index (χ2v) is 9.85. The van der Waals surface area contributed by atoms with E-state index in [2.05, 4.69) is 5.32 Å². The Morgan fingerprint density at radius 3 is 2.62 bits per heavy atom. The molecule has 1 N–H and O–H groups in total. The average molecular weight is 481 g/mol. The molecule has 2 heterocycles. The standard InChI is InChI=1S/C25H24N2O6S/c1-31-22-10-8-19(34(29,30)27-12-11-17-5-2-3-6-21(17)27)16-20(22)25(28)26-18-7-9-23-24(15-18)33-14-4-13-32-23/h2-3,5-10,15-16H,4,11-14H2,1H3,(H,26,28). The molecule has 0 aliphatic carbocycles. The van der Waals surface area contributed by atoms with Gasteiger partial charge < -0.3 is 19.5 Å². The predicted molar refractivity (Wildman–Crippen MR) is 128 cm³/mol. The van der Waals surface area contributed by atoms with Crippen molar-refractivity contribution in [3.05, 3.63) is 71.8 Å². The lowest BCUT2D eigenvalue weighted by Gasteiger charge is -2.20. The Hall–Kier alpha value is -3.72. The number of sulfonamides is 1. The minimum atomic E-state index is -3.86. The van der Waals surface area contributed by atoms with E-state index in [1.54, 1.807) is 24.3 Å². The number of hydrogen-bond acceptors (Lipinski definition) is 6. The van der Waals surface area contributed by atoms with Crippen LogP contribution in [0.15, 0.2) is 65.6 Å². The number of carbonyl (C=O) groups excluding carboxylic acids is 1. The summed E-state index contributed by atoms with van der Waals surface area (Å²) in [6, 6.07) is 16.9. The molecule has 0 saturated heterocycles. The van der Waals surface area contributed by atoms with Crippen LogP contribution in [0.4, 0.5) is 11.4 Å². The lowest BCUT2D eigenvalue weighted by molar-refractivity contribution is 0.102. The van der Waals surface area contributed by atoms with Crippen LogP contribution >= 0.6 is 0 Å². The summed E-state index contributed by atoms with van der Waals surface area (Å²) in [7, 11) is -2.43. The van der Waals surface area contributed by atoms with Crippen LogP contribution in [0.2, 0.25) is 0 Å². The quantitative estimate of drug-likeness (QED) is 0.596. The molecule has 9 heteroatoms. The molecule has 0 saturated carbocycles. The SMILES string of the molecule is COc1ccc(S(=O)(=O)N2CCc3ccccc32)cc1C(=O)Nc1ccc2c(c1)OCCCO2. The topological polar surface area (TPSA) is 94.2 Å². The highest BCUT2D eigenvalue weighted by molar-refractivity contribution is 7.92. The first kappa shape index (κ1) is 22.1. The van der Waals surface area contributed by atoms with Gasteiger partial charge in [0.25, 0.3) is 15.9 Å². The van der Waals surface area contributed by atoms with E-state index in [1.807, 2.05) is 18.2 Å². The molecule has 0 unspecified atom stereocenters. The molecular formula is C25H24N2O6S. The van der Waals surface area contributed by atoms with Crippen molar-refractivity contribution in [3.63, 3.8) is 0 Å². The minimum Gasteiger partial charge on any atom is -0.496 e. The number of nitrogens with one attached hydrogen (secondary N) is 1. The molecule has 0 bridgehead atoms. The van der Waals surface area contributed by atoms with Crippen molar-refractivity contribution in [3.8, 4) is 17.2 Å². The van der Waals surface area contributed by atoms with E-state index in [9.17, 15) is 13.2 Å². The largest absolute Gasteiger partial charge is 0.496 e. The molecule has 8 nitrogen and oxygen atoms in total. The molecular weight excluding hydrogens is 456 g/mol. The van der Waals surface area contributed by atoms with Crippen molar-refractivity contribution in [2.75, 3.05) is 36.5 Å². The van der Waals surface area contributed by atoms with Gasteiger partial charge in [0.2, 0.25) is 0 Å². The fourth-order valence-electron chi connectivity index (χ4n) is 4.15. The van der Waals surface area contributed by atoms with Gasteiger partial charge in [0.05, 0.1) is 36.5 Å². The monoisotopic (exact) mass is 480 g/mol. The average Bonchev–Trinajstić information content (AvgIpc) is 3.16. The van der Waals surface area contributed by atoms with Crippen molar-refractivity contribution >= 4 is 27.3 Å². The van der Waals surface area contributed by atoms with Crippen molar-refractivity contribution in [2.45, 2.75) is 17.7 Å². The van der Waals surface area contributed by atoms with Gasteiger partial charge in [-0.2, -0.15) is 0 Å². The summed E-state index contributed by atoms with van der Waals surface area (Å²) >= 11 is 0. The summed E-state index contributed by atoms with van der Waals surface area (Å²) < 4.78 is 44.9. The minimum absolute atomic E-state index is 0.0221. The zero-order chi connectivity index (χ0) is 23.7. The highest BCUT2D eigenvalue weighted by Gasteiger charge is 2.31. The van der Waals surface area contributed by atoms with E-state index in [0.717, 1.165) is 12.0 Å². The second kappa shape index (κ2) is 8.90. The van der Waals surface area contributed by atoms with Crippen LogP contribution in [0.1, 0.15) is 22.3 Å². The Morgan fingerprint density at radius 2 is 1.79 bits per heavy atom. The number of hydrogen-bond donors (Lipinski definition) is 1. The van der Waals surface area contributed by atoms with E-state index in [0.29, 0.717) is 49.1 Å². The fraction of sp³-hybridized carbons (Fsp3) is 0.240. The number of anilines is 2. The van der Waals surface area contributed by atoms with Crippen LogP contribution in [0.5, 0.6) is 17.2 Å². The van der Waals surface area contributed by atoms with Crippen LogP contribution in [0.25, 0.3) is 0 Å². The van der Waals surface area contributed by atoms with Gasteiger partial charge in [0.15, 0.2) is 11.5 Å². The Bertz CT molecular complexity index is 1360. The summed E-state index contributed by atoms with van der Waals surface area (Å²) in [4.78, 5) is 13.2. The first-order chi connectivity index (χ1) is 16.5. The van der Waals surface area contributed by atoms with Gasteiger partial charge in [-0.1, -0.05) is 18.2 Å². The van der Waals surface area contributed by atoms with Crippen molar-refractivity contribution < 1.29 is 27.4 Å². The zero-order valence-corrected chi connectivity index (χ0v) is 19.4. The summed E-state index contributed by atoms with van der Waals surface area (Å²) in [5.41, 5.74) is 2.25. The van der Waals surface area contributed by atoms with Gasteiger partial charge in [-0.15, -0.1) is 0 Å². The van der Waals surface area contributed by atoms with E-state index < -0.39 is 15.9 Å². The highest BCUT2D eigenvalue weighted by atomic mass is 32.2. The van der Waals surface area contributed by atoms with Gasteiger partial charge in [-0.05, 0) is 48.4 Å². The number of nitrogens with zero attached hydrogens (tertiary/aromatic N) is 1. The number of amides is 1. The number of benzene rings is 3. The fourth-order valence-corrected chi connectivity index (χ4v) is 5.68. The van der Waals surface area contributed by atoms with Gasteiger partial charge >= 0.3 is 0 Å². The molecule has 0 atom stereocenters. The molecule has 34 heavy (non-hydrogen) atoms. The van der Waals surface area contributed by atoms with Crippen molar-refractivity contribution in [2.24, 2.45) is 0 Å². The molecule has 1 amide bonds. The summed E-state index contributed by atoms with van der Waals surface area (Å²) in [5, 5.41) is 2.80. The lowest BCUT2D eigenvalue weighted by atomic mass is 10.1. The van der Waals surface area contributed by atoms with Gasteiger partial charge in [-0.25, -0.2) is 8.42 Å². The van der Waals surface area contributed by atoms with Crippen molar-refractivity contribution in [1.82, 2.24) is 0 Å². The molecule has 0 fully saturated rings. The molecule has 3 aromatic carbocycles. The zero-order valence-electron chi connectivity index (χ0n) is 18.6. The maximum absolute atomic E-state index is 13.4. The normalized spacial score (nSPS) is 14.8. The molecule has 2 aliphatic rings. The first-order valence-electron chi connectivity index (χ1n) is 11.0. The molecule has 176 valence electrons. The van der Waals surface area contributed by atoms with E-state index >= 15 is 0 Å². The Balaban J connectivity index is 1.45. The third-order valence-electron chi connectivity index (χ3n) is 5.85. The van der Waals surface area contributed by atoms with Crippen LogP contribution in [-0.4, -0.2) is 41.2 Å². The number of methoxy groups -OCH3 is 1. The third-order valence-corrected chi connectivity index (χ3v) is 7.66. The summed E-state index contributed by atoms with van der Waals surface area (Å²) in [6.45, 7) is 1.45. The third kappa shape index (κ3) is 4.03. The molecule has 0 spiro atoms. The van der Waals surface area contributed by atoms with E-state index in [1.165, 1.54) is 29.6 Å². The van der Waals surface area contributed by atoms with Gasteiger partial charge in [0, 0.05) is 24.7 Å². The summed E-state index contributed by atoms with van der Waals surface area (Å²) in [6.07, 6.45) is 1.42. The number of para-hydroxylation sites is 1. The molecule has 3 aromatic rings. The highest BCUT2D eigenvalue weighted by Crippen LogP contribution is 2.35. The van der Waals surface area contributed by atoms with Crippen LogP contribution in [-0.2, 0) is 16.4 Å². The van der Waals surface area contributed by atoms with Crippen LogP contribution < -0.4 is 23.8 Å². The van der Waals surface area contributed by atoms with Crippen LogP contribution in [0.3, 0.4) is 0 Å². The maximum atomic E-state index is 13.4. The number of carbonyl (C=O) groups is 1. The van der Waals surface area contributed by atoms with Crippen LogP contribution in [0, 0.1) is 0 Å². The lowest BCUT2D eigenvalue weighted by Crippen LogP contribution is -2.29. The predicted octanol–water partition coefficient (Wildman–Crippen LogP) is 3.86. The van der Waals surface area contributed by atoms with Gasteiger partial charge in [0.1, 0.15) is 5.75 Å². The molecule has 0 radical (unpaired) electrons. The number of rotatable bonds is 5. The van der Waals surface area contributed by atoms with Crippen molar-refractivity contribution in [1.29, 1.82) is 0 Å².